The maximum absolute atomic E-state index is 13.4. The van der Waals surface area contributed by atoms with Crippen LogP contribution in [-0.4, -0.2) is 58.4 Å². The Hall–Kier alpha value is -3.37. The second kappa shape index (κ2) is 7.47. The number of alkyl halides is 2. The maximum atomic E-state index is 13.4. The van der Waals surface area contributed by atoms with Crippen molar-refractivity contribution in [1.82, 2.24) is 9.55 Å². The van der Waals surface area contributed by atoms with E-state index in [1.807, 2.05) is 4.57 Å². The number of imidazole rings is 1. The van der Waals surface area contributed by atoms with Gasteiger partial charge in [0, 0.05) is 11.8 Å². The quantitative estimate of drug-likeness (QED) is 0.763. The number of anilines is 2. The van der Waals surface area contributed by atoms with E-state index in [0.717, 1.165) is 4.90 Å². The molecule has 4 rings (SSSR count). The molecule has 2 aliphatic rings. The van der Waals surface area contributed by atoms with E-state index in [-0.39, 0.29) is 12.4 Å². The molecule has 2 N–H and O–H groups in total. The fourth-order valence-corrected chi connectivity index (χ4v) is 3.57. The lowest BCUT2D eigenvalue weighted by molar-refractivity contribution is -0.137. The summed E-state index contributed by atoms with van der Waals surface area (Å²) in [7, 11) is 0. The van der Waals surface area contributed by atoms with E-state index in [0.29, 0.717) is 35.1 Å². The average Bonchev–Trinajstić information content (AvgIpc) is 3.16. The van der Waals surface area contributed by atoms with Gasteiger partial charge in [0.1, 0.15) is 36.9 Å². The van der Waals surface area contributed by atoms with Crippen molar-refractivity contribution in [3.8, 4) is 17.1 Å². The van der Waals surface area contributed by atoms with Gasteiger partial charge in [-0.15, -0.1) is 0 Å². The smallest absolute Gasteiger partial charge is 0.416 e. The van der Waals surface area contributed by atoms with E-state index < -0.39 is 37.2 Å². The van der Waals surface area contributed by atoms with Gasteiger partial charge < -0.3 is 24.5 Å². The molecule has 11 heteroatoms. The summed E-state index contributed by atoms with van der Waals surface area (Å²) < 4.78 is 39.2. The predicted molar refractivity (Wildman–Crippen MR) is 102 cm³/mol. The van der Waals surface area contributed by atoms with Crippen molar-refractivity contribution in [1.29, 1.82) is 0 Å². The van der Waals surface area contributed by atoms with E-state index >= 15 is 0 Å². The number of aliphatic carboxylic acids is 1. The fraction of sp³-hybridized carbons (Fsp3) is 0.421. The molecule has 0 saturated carbocycles. The van der Waals surface area contributed by atoms with Crippen molar-refractivity contribution < 1.29 is 33.0 Å². The van der Waals surface area contributed by atoms with Gasteiger partial charge in [0.05, 0.1) is 17.8 Å². The fourth-order valence-electron chi connectivity index (χ4n) is 3.57. The van der Waals surface area contributed by atoms with Gasteiger partial charge in [-0.1, -0.05) is 0 Å². The zero-order valence-corrected chi connectivity index (χ0v) is 16.3. The first-order chi connectivity index (χ1) is 14.3. The third-order valence-electron chi connectivity index (χ3n) is 5.17. The third kappa shape index (κ3) is 3.29. The van der Waals surface area contributed by atoms with Gasteiger partial charge >= 0.3 is 12.1 Å². The molecule has 2 atom stereocenters. The molecule has 0 radical (unpaired) electrons. The Kier molecular flexibility index (Phi) is 4.96. The second-order valence-corrected chi connectivity index (χ2v) is 7.11. The van der Waals surface area contributed by atoms with Crippen molar-refractivity contribution in [3.63, 3.8) is 0 Å². The lowest BCUT2D eigenvalue weighted by Crippen LogP contribution is -2.39. The number of carboxylic acids is 1. The molecule has 1 amide bonds. The summed E-state index contributed by atoms with van der Waals surface area (Å²) in [6.07, 6.45) is -3.62. The first-order valence-corrected chi connectivity index (χ1v) is 9.35. The van der Waals surface area contributed by atoms with Crippen LogP contribution >= 0.6 is 0 Å². The van der Waals surface area contributed by atoms with Crippen LogP contribution in [0, 0.1) is 6.92 Å². The third-order valence-corrected chi connectivity index (χ3v) is 5.17. The summed E-state index contributed by atoms with van der Waals surface area (Å²) in [5.74, 6) is 0.0861. The molecule has 9 nitrogen and oxygen atoms in total. The number of ether oxygens (including phenoxy) is 2. The highest BCUT2D eigenvalue weighted by molar-refractivity contribution is 5.90. The molecule has 30 heavy (non-hydrogen) atoms. The molecule has 3 heterocycles. The second-order valence-electron chi connectivity index (χ2n) is 7.11. The Morgan fingerprint density at radius 2 is 2.13 bits per heavy atom. The zero-order valence-electron chi connectivity index (χ0n) is 16.3. The van der Waals surface area contributed by atoms with E-state index in [4.69, 9.17) is 14.6 Å². The molecule has 1 unspecified atom stereocenters. The van der Waals surface area contributed by atoms with Crippen LogP contribution in [0.5, 0.6) is 5.75 Å². The minimum atomic E-state index is -2.77. The van der Waals surface area contributed by atoms with Crippen LogP contribution in [-0.2, 0) is 16.1 Å². The Bertz CT molecular complexity index is 1010. The first kappa shape index (κ1) is 19.9. The summed E-state index contributed by atoms with van der Waals surface area (Å²) in [5, 5.41) is 11.9. The summed E-state index contributed by atoms with van der Waals surface area (Å²) in [4.78, 5) is 28.6. The molecular weight excluding hydrogens is 402 g/mol. The minimum absolute atomic E-state index is 0.132. The lowest BCUT2D eigenvalue weighted by atomic mass is 10.1. The molecule has 2 aliphatic heterocycles. The number of nitrogens with one attached hydrogen (secondary N) is 1. The number of carbonyl (C=O) groups excluding carboxylic acids is 1. The maximum Gasteiger partial charge on any atom is 0.416 e. The summed E-state index contributed by atoms with van der Waals surface area (Å²) in [6, 6.07) is 2.88. The largest absolute Gasteiger partial charge is 0.491 e. The SMILES string of the molecule is Cc1c(N2C(=O)OCC2C(F)F)nc2n1CCOc1cc(N[C@@H](C)C(=O)O)ccc1-2. The van der Waals surface area contributed by atoms with Gasteiger partial charge in [-0.2, -0.15) is 0 Å². The van der Waals surface area contributed by atoms with E-state index in [1.54, 1.807) is 25.1 Å². The zero-order chi connectivity index (χ0) is 21.6. The number of hydrogen-bond donors (Lipinski definition) is 2. The Morgan fingerprint density at radius 1 is 1.37 bits per heavy atom. The molecule has 0 spiro atoms. The number of fused-ring (bicyclic) bond motifs is 3. The average molecular weight is 422 g/mol. The van der Waals surface area contributed by atoms with Crippen molar-refractivity contribution in [3.05, 3.63) is 23.9 Å². The minimum Gasteiger partial charge on any atom is -0.491 e. The van der Waals surface area contributed by atoms with E-state index in [9.17, 15) is 18.4 Å². The van der Waals surface area contributed by atoms with Gasteiger partial charge in [0.25, 0.3) is 6.43 Å². The van der Waals surface area contributed by atoms with Crippen LogP contribution in [0.15, 0.2) is 18.2 Å². The number of carboxylic acid groups (broad SMARTS) is 1. The van der Waals surface area contributed by atoms with E-state index in [2.05, 4.69) is 10.3 Å². The summed E-state index contributed by atoms with van der Waals surface area (Å²) in [5.41, 5.74) is 1.71. The molecule has 0 aliphatic carbocycles. The van der Waals surface area contributed by atoms with Crippen LogP contribution in [0.2, 0.25) is 0 Å². The first-order valence-electron chi connectivity index (χ1n) is 9.35. The number of amides is 1. The van der Waals surface area contributed by atoms with Gasteiger partial charge in [0.2, 0.25) is 0 Å². The lowest BCUT2D eigenvalue weighted by Gasteiger charge is -2.19. The Balaban J connectivity index is 1.74. The number of benzene rings is 1. The number of cyclic esters (lactones) is 1. The highest BCUT2D eigenvalue weighted by atomic mass is 19.3. The normalized spacial score (nSPS) is 18.9. The molecule has 1 aromatic carbocycles. The van der Waals surface area contributed by atoms with Crippen LogP contribution in [0.4, 0.5) is 25.1 Å². The predicted octanol–water partition coefficient (Wildman–Crippen LogP) is 2.73. The monoisotopic (exact) mass is 422 g/mol. The topological polar surface area (TPSA) is 106 Å². The molecule has 1 saturated heterocycles. The highest BCUT2D eigenvalue weighted by Gasteiger charge is 2.43. The van der Waals surface area contributed by atoms with Gasteiger partial charge in [-0.25, -0.2) is 23.5 Å². The van der Waals surface area contributed by atoms with Crippen LogP contribution in [0.25, 0.3) is 11.4 Å². The summed E-state index contributed by atoms with van der Waals surface area (Å²) in [6.45, 7) is 3.52. The molecular formula is C19H20F2N4O5. The van der Waals surface area contributed by atoms with Crippen LogP contribution in [0.1, 0.15) is 12.6 Å². The van der Waals surface area contributed by atoms with Crippen LogP contribution in [0.3, 0.4) is 0 Å². The van der Waals surface area contributed by atoms with Gasteiger partial charge in [-0.05, 0) is 26.0 Å². The number of rotatable bonds is 5. The number of halogens is 2. The van der Waals surface area contributed by atoms with Crippen molar-refractivity contribution in [2.45, 2.75) is 38.9 Å². The molecule has 2 aromatic rings. The summed E-state index contributed by atoms with van der Waals surface area (Å²) >= 11 is 0. The standard InChI is InChI=1S/C19H20F2N4O5/c1-9(18(26)27)22-11-3-4-12-14(7-11)29-6-5-24-10(2)16(23-17(12)24)25-13(15(20)21)8-30-19(25)28/h3-4,7,9,13,15,22H,5-6,8H2,1-2H3,(H,26,27)/t9-,13?/m0/s1. The van der Waals surface area contributed by atoms with E-state index in [1.165, 1.54) is 6.92 Å². The number of hydrogen-bond acceptors (Lipinski definition) is 6. The number of nitrogens with zero attached hydrogens (tertiary/aromatic N) is 3. The van der Waals surface area contributed by atoms with Crippen molar-refractivity contribution >= 4 is 23.6 Å². The highest BCUT2D eigenvalue weighted by Crippen LogP contribution is 2.38. The molecule has 160 valence electrons. The van der Waals surface area contributed by atoms with Gasteiger partial charge in [-0.3, -0.25) is 4.79 Å². The van der Waals surface area contributed by atoms with Crippen molar-refractivity contribution in [2.24, 2.45) is 0 Å². The van der Waals surface area contributed by atoms with Crippen LogP contribution < -0.4 is 15.0 Å². The van der Waals surface area contributed by atoms with Gasteiger partial charge in [0.15, 0.2) is 5.82 Å². The number of aromatic nitrogens is 2. The Labute approximate surface area is 170 Å². The number of carbonyl (C=O) groups is 2. The molecule has 0 bridgehead atoms. The van der Waals surface area contributed by atoms with Crippen molar-refractivity contribution in [2.75, 3.05) is 23.4 Å². The molecule has 1 fully saturated rings. The molecule has 1 aromatic heterocycles. The Morgan fingerprint density at radius 3 is 2.83 bits per heavy atom.